The smallest absolute Gasteiger partial charge is 0.326 e. The van der Waals surface area contributed by atoms with E-state index in [-0.39, 0.29) is 18.5 Å². The van der Waals surface area contributed by atoms with Crippen molar-refractivity contribution < 1.29 is 19.8 Å². The van der Waals surface area contributed by atoms with Gasteiger partial charge in [-0.2, -0.15) is 0 Å². The second-order valence-corrected chi connectivity index (χ2v) is 5.69. The van der Waals surface area contributed by atoms with Gasteiger partial charge in [-0.3, -0.25) is 0 Å². The van der Waals surface area contributed by atoms with Crippen LogP contribution in [-0.4, -0.2) is 63.3 Å². The quantitative estimate of drug-likeness (QED) is 0.709. The molecule has 6 nitrogen and oxygen atoms in total. The summed E-state index contributed by atoms with van der Waals surface area (Å²) in [7, 11) is 0. The lowest BCUT2D eigenvalue weighted by Crippen LogP contribution is -2.49. The Hall–Kier alpha value is -1.30. The summed E-state index contributed by atoms with van der Waals surface area (Å²) in [4.78, 5) is 26.5. The van der Waals surface area contributed by atoms with Crippen molar-refractivity contribution in [1.82, 2.24) is 9.80 Å². The van der Waals surface area contributed by atoms with E-state index in [0.29, 0.717) is 25.9 Å². The molecule has 18 heavy (non-hydrogen) atoms. The molecule has 2 aliphatic heterocycles. The Morgan fingerprint density at radius 3 is 2.50 bits per heavy atom. The maximum atomic E-state index is 12.3. The van der Waals surface area contributed by atoms with Crippen LogP contribution in [-0.2, 0) is 4.79 Å². The first-order valence-electron chi connectivity index (χ1n) is 6.32. The lowest BCUT2D eigenvalue weighted by Gasteiger charge is -2.29. The number of amides is 2. The number of aliphatic hydroxyl groups is 1. The molecule has 0 aromatic heterocycles. The molecule has 2 fully saturated rings. The van der Waals surface area contributed by atoms with E-state index in [1.165, 1.54) is 4.90 Å². The van der Waals surface area contributed by atoms with Gasteiger partial charge in [-0.25, -0.2) is 9.59 Å². The molecule has 0 aliphatic carbocycles. The van der Waals surface area contributed by atoms with Gasteiger partial charge < -0.3 is 20.0 Å². The van der Waals surface area contributed by atoms with Crippen molar-refractivity contribution >= 4 is 12.0 Å². The van der Waals surface area contributed by atoms with Crippen LogP contribution in [0, 0.1) is 5.92 Å². The number of rotatable bonds is 1. The summed E-state index contributed by atoms with van der Waals surface area (Å²) in [6.07, 6.45) is 1.26. The lowest BCUT2D eigenvalue weighted by atomic mass is 10.0. The van der Waals surface area contributed by atoms with E-state index in [2.05, 4.69) is 0 Å². The van der Waals surface area contributed by atoms with E-state index < -0.39 is 17.6 Å². The molecule has 6 heteroatoms. The molecule has 2 aliphatic rings. The van der Waals surface area contributed by atoms with E-state index >= 15 is 0 Å². The second kappa shape index (κ2) is 4.42. The van der Waals surface area contributed by atoms with Crippen LogP contribution in [0.15, 0.2) is 0 Å². The van der Waals surface area contributed by atoms with Gasteiger partial charge in [0.2, 0.25) is 0 Å². The minimum absolute atomic E-state index is 0.0189. The predicted octanol–water partition coefficient (Wildman–Crippen LogP) is 0.358. The van der Waals surface area contributed by atoms with Crippen LogP contribution < -0.4 is 0 Å². The van der Waals surface area contributed by atoms with Crippen LogP contribution in [0.3, 0.4) is 0 Å². The Balaban J connectivity index is 2.08. The van der Waals surface area contributed by atoms with Crippen LogP contribution in [0.25, 0.3) is 0 Å². The van der Waals surface area contributed by atoms with Crippen LogP contribution in [0.4, 0.5) is 4.79 Å². The standard InChI is InChI=1S/C12H20N2O4/c1-8-3-5-14(9(8)10(15)16)11(17)13-6-4-12(2,18)7-13/h8-9,18H,3-7H2,1-2H3,(H,15,16). The van der Waals surface area contributed by atoms with Crippen molar-refractivity contribution in [3.63, 3.8) is 0 Å². The number of carboxylic acid groups (broad SMARTS) is 1. The van der Waals surface area contributed by atoms with Gasteiger partial charge in [0.15, 0.2) is 0 Å². The molecule has 0 bridgehead atoms. The first kappa shape index (κ1) is 13.1. The summed E-state index contributed by atoms with van der Waals surface area (Å²) < 4.78 is 0. The molecule has 0 aromatic rings. The van der Waals surface area contributed by atoms with E-state index in [1.54, 1.807) is 11.8 Å². The van der Waals surface area contributed by atoms with Crippen molar-refractivity contribution in [3.05, 3.63) is 0 Å². The molecule has 2 N–H and O–H groups in total. The highest BCUT2D eigenvalue weighted by Crippen LogP contribution is 2.28. The van der Waals surface area contributed by atoms with Crippen LogP contribution in [0.5, 0.6) is 0 Å². The van der Waals surface area contributed by atoms with Gasteiger partial charge in [0, 0.05) is 13.1 Å². The Morgan fingerprint density at radius 2 is 2.00 bits per heavy atom. The summed E-state index contributed by atoms with van der Waals surface area (Å²) in [6.45, 7) is 4.80. The van der Waals surface area contributed by atoms with E-state index in [1.807, 2.05) is 6.92 Å². The molecule has 102 valence electrons. The lowest BCUT2D eigenvalue weighted by molar-refractivity contribution is -0.142. The van der Waals surface area contributed by atoms with Crippen LogP contribution in [0.1, 0.15) is 26.7 Å². The fourth-order valence-corrected chi connectivity index (χ4v) is 2.83. The van der Waals surface area contributed by atoms with Gasteiger partial charge in [-0.15, -0.1) is 0 Å². The number of carboxylic acids is 1. The maximum absolute atomic E-state index is 12.3. The second-order valence-electron chi connectivity index (χ2n) is 5.69. The third kappa shape index (κ3) is 2.29. The van der Waals surface area contributed by atoms with E-state index in [9.17, 15) is 19.8 Å². The number of likely N-dealkylation sites (tertiary alicyclic amines) is 2. The normalized spacial score (nSPS) is 36.2. The molecule has 2 heterocycles. The number of nitrogens with zero attached hydrogens (tertiary/aromatic N) is 2. The molecular weight excluding hydrogens is 236 g/mol. The summed E-state index contributed by atoms with van der Waals surface area (Å²) >= 11 is 0. The van der Waals surface area contributed by atoms with E-state index in [0.717, 1.165) is 0 Å². The summed E-state index contributed by atoms with van der Waals surface area (Å²) in [6, 6.07) is -0.993. The van der Waals surface area contributed by atoms with Crippen molar-refractivity contribution in [3.8, 4) is 0 Å². The van der Waals surface area contributed by atoms with Crippen molar-refractivity contribution in [2.75, 3.05) is 19.6 Å². The Morgan fingerprint density at radius 1 is 1.33 bits per heavy atom. The molecule has 2 rings (SSSR count). The number of hydrogen-bond donors (Lipinski definition) is 2. The van der Waals surface area contributed by atoms with Gasteiger partial charge in [0.05, 0.1) is 12.1 Å². The highest BCUT2D eigenvalue weighted by molar-refractivity contribution is 5.83. The Bertz CT molecular complexity index is 369. The van der Waals surface area contributed by atoms with E-state index in [4.69, 9.17) is 0 Å². The number of hydrogen-bond acceptors (Lipinski definition) is 3. The fourth-order valence-electron chi connectivity index (χ4n) is 2.83. The molecule has 3 unspecified atom stereocenters. The number of β-amino-alcohol motifs (C(OH)–C–C–N with tert-alkyl or cyclic N) is 1. The Labute approximate surface area is 106 Å². The zero-order valence-electron chi connectivity index (χ0n) is 10.8. The van der Waals surface area contributed by atoms with Crippen LogP contribution >= 0.6 is 0 Å². The SMILES string of the molecule is CC1CCN(C(=O)N2CCC(C)(O)C2)C1C(=O)O. The molecule has 0 saturated carbocycles. The maximum Gasteiger partial charge on any atom is 0.326 e. The Kier molecular flexibility index (Phi) is 3.23. The van der Waals surface area contributed by atoms with Gasteiger partial charge in [0.25, 0.3) is 0 Å². The number of aliphatic carboxylic acids is 1. The first-order valence-corrected chi connectivity index (χ1v) is 6.32. The predicted molar refractivity (Wildman–Crippen MR) is 64.1 cm³/mol. The minimum atomic E-state index is -0.945. The average molecular weight is 256 g/mol. The number of carbonyl (C=O) groups excluding carboxylic acids is 1. The van der Waals surface area contributed by atoms with Gasteiger partial charge in [-0.05, 0) is 25.7 Å². The van der Waals surface area contributed by atoms with Crippen molar-refractivity contribution in [2.45, 2.75) is 38.3 Å². The highest BCUT2D eigenvalue weighted by Gasteiger charge is 2.43. The van der Waals surface area contributed by atoms with Crippen LogP contribution in [0.2, 0.25) is 0 Å². The molecule has 2 saturated heterocycles. The topological polar surface area (TPSA) is 81.1 Å². The molecule has 2 amide bonds. The summed E-state index contributed by atoms with van der Waals surface area (Å²) in [5.41, 5.74) is -0.847. The zero-order valence-corrected chi connectivity index (χ0v) is 10.8. The van der Waals surface area contributed by atoms with Gasteiger partial charge in [-0.1, -0.05) is 6.92 Å². The highest BCUT2D eigenvalue weighted by atomic mass is 16.4. The van der Waals surface area contributed by atoms with Gasteiger partial charge in [0.1, 0.15) is 6.04 Å². The molecule has 3 atom stereocenters. The summed E-state index contributed by atoms with van der Waals surface area (Å²) in [5, 5.41) is 19.0. The third-order valence-electron chi connectivity index (χ3n) is 3.92. The zero-order chi connectivity index (χ0) is 13.5. The average Bonchev–Trinajstić information content (AvgIpc) is 2.80. The molecule has 0 spiro atoms. The largest absolute Gasteiger partial charge is 0.480 e. The minimum Gasteiger partial charge on any atom is -0.480 e. The number of urea groups is 1. The molecule has 0 aromatic carbocycles. The first-order chi connectivity index (χ1) is 8.32. The third-order valence-corrected chi connectivity index (χ3v) is 3.92. The number of carbonyl (C=O) groups is 2. The van der Waals surface area contributed by atoms with Gasteiger partial charge >= 0.3 is 12.0 Å². The van der Waals surface area contributed by atoms with Crippen molar-refractivity contribution in [2.24, 2.45) is 5.92 Å². The fraction of sp³-hybridized carbons (Fsp3) is 0.833. The monoisotopic (exact) mass is 256 g/mol. The van der Waals surface area contributed by atoms with Crippen molar-refractivity contribution in [1.29, 1.82) is 0 Å². The summed E-state index contributed by atoms with van der Waals surface area (Å²) in [5.74, 6) is -0.964. The molecule has 0 radical (unpaired) electrons. The molecular formula is C12H20N2O4.